The van der Waals surface area contributed by atoms with Crippen LogP contribution in [0, 0.1) is 0 Å². The molecule has 0 radical (unpaired) electrons. The minimum Gasteiger partial charge on any atom is -0.0654 e. The Hall–Kier alpha value is -0.780. The molecule has 0 bridgehead atoms. The van der Waals surface area contributed by atoms with Crippen molar-refractivity contribution in [2.45, 2.75) is 58.3 Å². The van der Waals surface area contributed by atoms with E-state index in [1.807, 2.05) is 0 Å². The lowest BCUT2D eigenvalue weighted by atomic mass is 9.85. The maximum Gasteiger partial charge on any atom is -0.00976 e. The highest BCUT2D eigenvalue weighted by Gasteiger charge is 2.29. The number of rotatable bonds is 3. The number of hydrogen-bond donors (Lipinski definition) is 0. The molecule has 82 valence electrons. The van der Waals surface area contributed by atoms with Gasteiger partial charge in [0.15, 0.2) is 0 Å². The highest BCUT2D eigenvalue weighted by atomic mass is 14.3. The monoisotopic (exact) mass is 202 g/mol. The second-order valence-electron chi connectivity index (χ2n) is 5.48. The van der Waals surface area contributed by atoms with Crippen LogP contribution in [0.5, 0.6) is 0 Å². The third-order valence-corrected chi connectivity index (χ3v) is 3.74. The molecule has 0 heteroatoms. The fourth-order valence-electron chi connectivity index (χ4n) is 2.59. The van der Waals surface area contributed by atoms with Crippen molar-refractivity contribution in [1.82, 2.24) is 0 Å². The highest BCUT2D eigenvalue weighted by molar-refractivity contribution is 5.41. The van der Waals surface area contributed by atoms with Crippen LogP contribution in [0.15, 0.2) is 18.2 Å². The Balaban J connectivity index is 2.25. The minimum atomic E-state index is 0.414. The van der Waals surface area contributed by atoms with Crippen LogP contribution < -0.4 is 0 Å². The summed E-state index contributed by atoms with van der Waals surface area (Å²) in [5.41, 5.74) is 5.14. The number of hydrogen-bond acceptors (Lipinski definition) is 0. The maximum absolute atomic E-state index is 2.46. The lowest BCUT2D eigenvalue weighted by Gasteiger charge is -2.19. The zero-order chi connectivity index (χ0) is 10.9. The first-order valence-electron chi connectivity index (χ1n) is 6.26. The molecular formula is C15H22. The molecule has 0 fully saturated rings. The predicted molar refractivity (Wildman–Crippen MR) is 66.4 cm³/mol. The molecule has 1 aromatic rings. The van der Waals surface area contributed by atoms with Crippen molar-refractivity contribution in [3.63, 3.8) is 0 Å². The number of benzene rings is 1. The summed E-state index contributed by atoms with van der Waals surface area (Å²) in [5.74, 6) is 0. The molecule has 1 aliphatic carbocycles. The first kappa shape index (κ1) is 10.7. The van der Waals surface area contributed by atoms with E-state index in [0.29, 0.717) is 5.41 Å². The topological polar surface area (TPSA) is 0 Å². The average molecular weight is 202 g/mol. The van der Waals surface area contributed by atoms with Crippen LogP contribution in [0.1, 0.15) is 56.7 Å². The normalized spacial score (nSPS) is 17.8. The Morgan fingerprint density at radius 2 is 2.07 bits per heavy atom. The zero-order valence-electron chi connectivity index (χ0n) is 10.3. The summed E-state index contributed by atoms with van der Waals surface area (Å²) in [6, 6.07) is 7.14. The van der Waals surface area contributed by atoms with E-state index in [9.17, 15) is 0 Å². The van der Waals surface area contributed by atoms with Crippen molar-refractivity contribution in [3.8, 4) is 0 Å². The van der Waals surface area contributed by atoms with Crippen molar-refractivity contribution < 1.29 is 0 Å². The Morgan fingerprint density at radius 1 is 1.27 bits per heavy atom. The lowest BCUT2D eigenvalue weighted by molar-refractivity contribution is 0.522. The van der Waals surface area contributed by atoms with Crippen LogP contribution >= 0.6 is 0 Å². The van der Waals surface area contributed by atoms with Crippen LogP contribution in [0.25, 0.3) is 0 Å². The summed E-state index contributed by atoms with van der Waals surface area (Å²) in [6.07, 6.45) is 6.45. The molecule has 0 saturated carbocycles. The Bertz CT molecular complexity index is 347. The number of fused-ring (bicyclic) bond motifs is 1. The molecule has 0 amide bonds. The van der Waals surface area contributed by atoms with Gasteiger partial charge in [-0.15, -0.1) is 0 Å². The van der Waals surface area contributed by atoms with Crippen LogP contribution in [0.4, 0.5) is 0 Å². The standard InChI is InChI=1S/C15H22/c1-4-5-6-12-7-8-13-9-10-15(2,3)14(13)11-12/h7-8,11H,4-6,9-10H2,1-3H3. The third-order valence-electron chi connectivity index (χ3n) is 3.74. The van der Waals surface area contributed by atoms with Gasteiger partial charge in [0.2, 0.25) is 0 Å². The summed E-state index contributed by atoms with van der Waals surface area (Å²) in [6.45, 7) is 7.02. The highest BCUT2D eigenvalue weighted by Crippen LogP contribution is 2.38. The molecule has 0 atom stereocenters. The summed E-state index contributed by atoms with van der Waals surface area (Å²) < 4.78 is 0. The molecule has 0 N–H and O–H groups in total. The van der Waals surface area contributed by atoms with Gasteiger partial charge in [-0.3, -0.25) is 0 Å². The summed E-state index contributed by atoms with van der Waals surface area (Å²) in [7, 11) is 0. The molecule has 0 heterocycles. The van der Waals surface area contributed by atoms with E-state index in [4.69, 9.17) is 0 Å². The van der Waals surface area contributed by atoms with Gasteiger partial charge in [-0.05, 0) is 47.8 Å². The summed E-state index contributed by atoms with van der Waals surface area (Å²) >= 11 is 0. The van der Waals surface area contributed by atoms with Crippen LogP contribution in [0.3, 0.4) is 0 Å². The molecule has 2 rings (SSSR count). The molecule has 0 aromatic heterocycles. The van der Waals surface area contributed by atoms with E-state index in [-0.39, 0.29) is 0 Å². The van der Waals surface area contributed by atoms with Gasteiger partial charge in [0.05, 0.1) is 0 Å². The van der Waals surface area contributed by atoms with E-state index in [0.717, 1.165) is 0 Å². The van der Waals surface area contributed by atoms with E-state index in [1.165, 1.54) is 37.7 Å². The van der Waals surface area contributed by atoms with E-state index >= 15 is 0 Å². The number of aryl methyl sites for hydroxylation is 2. The van der Waals surface area contributed by atoms with Crippen molar-refractivity contribution >= 4 is 0 Å². The second-order valence-corrected chi connectivity index (χ2v) is 5.48. The average Bonchev–Trinajstić information content (AvgIpc) is 2.52. The van der Waals surface area contributed by atoms with Crippen LogP contribution in [-0.2, 0) is 18.3 Å². The van der Waals surface area contributed by atoms with Gasteiger partial charge in [0.25, 0.3) is 0 Å². The van der Waals surface area contributed by atoms with Crippen molar-refractivity contribution in [1.29, 1.82) is 0 Å². The van der Waals surface area contributed by atoms with Gasteiger partial charge in [-0.25, -0.2) is 0 Å². The molecule has 15 heavy (non-hydrogen) atoms. The lowest BCUT2D eigenvalue weighted by Crippen LogP contribution is -2.12. The summed E-state index contributed by atoms with van der Waals surface area (Å²) in [5, 5.41) is 0. The largest absolute Gasteiger partial charge is 0.0654 e. The van der Waals surface area contributed by atoms with Crippen LogP contribution in [0.2, 0.25) is 0 Å². The van der Waals surface area contributed by atoms with Gasteiger partial charge >= 0.3 is 0 Å². The molecule has 0 nitrogen and oxygen atoms in total. The zero-order valence-corrected chi connectivity index (χ0v) is 10.3. The molecule has 1 aliphatic rings. The second kappa shape index (κ2) is 4.00. The SMILES string of the molecule is CCCCc1ccc2c(c1)C(C)(C)CC2. The smallest absolute Gasteiger partial charge is 0.00976 e. The molecule has 0 saturated heterocycles. The third kappa shape index (κ3) is 2.09. The molecular weight excluding hydrogens is 180 g/mol. The van der Waals surface area contributed by atoms with E-state index in [1.54, 1.807) is 11.1 Å². The Kier molecular flexibility index (Phi) is 2.86. The van der Waals surface area contributed by atoms with Crippen molar-refractivity contribution in [2.75, 3.05) is 0 Å². The molecule has 0 spiro atoms. The molecule has 1 aromatic carbocycles. The fraction of sp³-hybridized carbons (Fsp3) is 0.600. The first-order valence-corrected chi connectivity index (χ1v) is 6.26. The fourth-order valence-corrected chi connectivity index (χ4v) is 2.59. The van der Waals surface area contributed by atoms with Gasteiger partial charge in [-0.2, -0.15) is 0 Å². The van der Waals surface area contributed by atoms with Gasteiger partial charge in [0, 0.05) is 0 Å². The first-order chi connectivity index (χ1) is 7.13. The van der Waals surface area contributed by atoms with Crippen molar-refractivity contribution in [3.05, 3.63) is 34.9 Å². The van der Waals surface area contributed by atoms with Gasteiger partial charge in [-0.1, -0.05) is 45.4 Å². The quantitative estimate of drug-likeness (QED) is 0.687. The van der Waals surface area contributed by atoms with E-state index in [2.05, 4.69) is 39.0 Å². The maximum atomic E-state index is 2.46. The molecule has 0 aliphatic heterocycles. The van der Waals surface area contributed by atoms with Gasteiger partial charge < -0.3 is 0 Å². The Morgan fingerprint density at radius 3 is 2.80 bits per heavy atom. The van der Waals surface area contributed by atoms with Crippen molar-refractivity contribution in [2.24, 2.45) is 0 Å². The van der Waals surface area contributed by atoms with Crippen LogP contribution in [-0.4, -0.2) is 0 Å². The van der Waals surface area contributed by atoms with E-state index < -0.39 is 0 Å². The number of unbranched alkanes of at least 4 members (excludes halogenated alkanes) is 1. The predicted octanol–water partition coefficient (Wildman–Crippen LogP) is 4.25. The van der Waals surface area contributed by atoms with Gasteiger partial charge in [0.1, 0.15) is 0 Å². The Labute approximate surface area is 93.7 Å². The minimum absolute atomic E-state index is 0.414. The summed E-state index contributed by atoms with van der Waals surface area (Å²) in [4.78, 5) is 0. The molecule has 0 unspecified atom stereocenters.